The number of esters is 1. The van der Waals surface area contributed by atoms with Crippen LogP contribution in [0.25, 0.3) is 11.4 Å². The first-order valence-corrected chi connectivity index (χ1v) is 9.94. The molecule has 2 aromatic heterocycles. The van der Waals surface area contributed by atoms with Crippen LogP contribution in [-0.2, 0) is 16.0 Å². The lowest BCUT2D eigenvalue weighted by molar-refractivity contribution is -0.115. The monoisotopic (exact) mass is 397 g/mol. The number of aromatic nitrogens is 2. The van der Waals surface area contributed by atoms with Gasteiger partial charge in [-0.2, -0.15) is 0 Å². The summed E-state index contributed by atoms with van der Waals surface area (Å²) in [6.45, 7) is 7.80. The summed E-state index contributed by atoms with van der Waals surface area (Å²) in [6.07, 6.45) is 0.197. The SMILES string of the molecule is CCOC(=O)c1c(C)[nH]c(-c2csc(CC(=O)Nc3cccc(C)c3)n2)c1C. The number of thiazole rings is 1. The fourth-order valence-electron chi connectivity index (χ4n) is 3.09. The van der Waals surface area contributed by atoms with Crippen molar-refractivity contribution in [3.63, 3.8) is 0 Å². The van der Waals surface area contributed by atoms with Gasteiger partial charge in [0.15, 0.2) is 0 Å². The second-order valence-corrected chi connectivity index (χ2v) is 7.51. The van der Waals surface area contributed by atoms with Gasteiger partial charge >= 0.3 is 5.97 Å². The molecule has 0 aliphatic carbocycles. The highest BCUT2D eigenvalue weighted by atomic mass is 32.1. The Labute approximate surface area is 168 Å². The van der Waals surface area contributed by atoms with Crippen molar-refractivity contribution in [3.05, 3.63) is 57.0 Å². The highest BCUT2D eigenvalue weighted by Gasteiger charge is 2.21. The van der Waals surface area contributed by atoms with Gasteiger partial charge < -0.3 is 15.0 Å². The fourth-order valence-corrected chi connectivity index (χ4v) is 3.87. The number of ether oxygens (including phenoxy) is 1. The maximum Gasteiger partial charge on any atom is 0.340 e. The van der Waals surface area contributed by atoms with Crippen LogP contribution in [0.1, 0.15) is 39.1 Å². The molecule has 0 atom stereocenters. The number of carbonyl (C=O) groups is 2. The first kappa shape index (κ1) is 19.8. The van der Waals surface area contributed by atoms with Crippen LogP contribution >= 0.6 is 11.3 Å². The Morgan fingerprint density at radius 1 is 1.25 bits per heavy atom. The minimum atomic E-state index is -0.340. The Morgan fingerprint density at radius 3 is 2.75 bits per heavy atom. The van der Waals surface area contributed by atoms with Crippen LogP contribution in [0.3, 0.4) is 0 Å². The topological polar surface area (TPSA) is 84.1 Å². The molecule has 0 aliphatic heterocycles. The van der Waals surface area contributed by atoms with E-state index in [2.05, 4.69) is 15.3 Å². The zero-order valence-electron chi connectivity index (χ0n) is 16.4. The maximum absolute atomic E-state index is 12.3. The van der Waals surface area contributed by atoms with E-state index in [0.717, 1.165) is 33.9 Å². The van der Waals surface area contributed by atoms with Crippen LogP contribution in [0, 0.1) is 20.8 Å². The van der Waals surface area contributed by atoms with Gasteiger partial charge in [-0.3, -0.25) is 4.79 Å². The molecular formula is C21H23N3O3S. The van der Waals surface area contributed by atoms with E-state index in [0.29, 0.717) is 17.2 Å². The quantitative estimate of drug-likeness (QED) is 0.603. The van der Waals surface area contributed by atoms with E-state index in [9.17, 15) is 9.59 Å². The molecule has 146 valence electrons. The molecule has 0 spiro atoms. The molecule has 0 radical (unpaired) electrons. The number of benzene rings is 1. The van der Waals surface area contributed by atoms with Crippen molar-refractivity contribution in [3.8, 4) is 11.4 Å². The minimum absolute atomic E-state index is 0.113. The molecular weight excluding hydrogens is 374 g/mol. The number of hydrogen-bond acceptors (Lipinski definition) is 5. The predicted molar refractivity (Wildman–Crippen MR) is 111 cm³/mol. The largest absolute Gasteiger partial charge is 0.462 e. The zero-order valence-corrected chi connectivity index (χ0v) is 17.2. The van der Waals surface area contributed by atoms with Gasteiger partial charge in [-0.15, -0.1) is 11.3 Å². The molecule has 0 fully saturated rings. The Morgan fingerprint density at radius 2 is 2.04 bits per heavy atom. The van der Waals surface area contributed by atoms with Gasteiger partial charge in [0.05, 0.1) is 30.0 Å². The fraction of sp³-hybridized carbons (Fsp3) is 0.286. The van der Waals surface area contributed by atoms with E-state index < -0.39 is 0 Å². The molecule has 0 bridgehead atoms. The summed E-state index contributed by atoms with van der Waals surface area (Å²) in [4.78, 5) is 32.3. The molecule has 28 heavy (non-hydrogen) atoms. The van der Waals surface area contributed by atoms with E-state index in [1.807, 2.05) is 50.4 Å². The average Bonchev–Trinajstić information content (AvgIpc) is 3.19. The highest BCUT2D eigenvalue weighted by molar-refractivity contribution is 7.10. The van der Waals surface area contributed by atoms with Crippen molar-refractivity contribution in [1.82, 2.24) is 9.97 Å². The van der Waals surface area contributed by atoms with Crippen molar-refractivity contribution in [1.29, 1.82) is 0 Å². The van der Waals surface area contributed by atoms with Crippen molar-refractivity contribution >= 4 is 28.9 Å². The zero-order chi connectivity index (χ0) is 20.3. The molecule has 1 aromatic carbocycles. The van der Waals surface area contributed by atoms with Gasteiger partial charge in [0.2, 0.25) is 5.91 Å². The first-order valence-electron chi connectivity index (χ1n) is 9.06. The standard InChI is InChI=1S/C21H23N3O3S/c1-5-27-21(26)19-13(3)20(22-14(19)4)16-11-28-18(24-16)10-17(25)23-15-8-6-7-12(2)9-15/h6-9,11,22H,5,10H2,1-4H3,(H,23,25). The third kappa shape index (κ3) is 4.31. The number of hydrogen-bond donors (Lipinski definition) is 2. The molecule has 0 aliphatic rings. The number of nitrogens with zero attached hydrogens (tertiary/aromatic N) is 1. The van der Waals surface area contributed by atoms with Crippen molar-refractivity contribution in [2.75, 3.05) is 11.9 Å². The summed E-state index contributed by atoms with van der Waals surface area (Å²) >= 11 is 1.42. The van der Waals surface area contributed by atoms with Crippen LogP contribution in [0.5, 0.6) is 0 Å². The molecule has 3 aromatic rings. The van der Waals surface area contributed by atoms with E-state index in [4.69, 9.17) is 4.74 Å². The third-order valence-corrected chi connectivity index (χ3v) is 5.19. The number of rotatable bonds is 6. The number of anilines is 1. The second kappa shape index (κ2) is 8.39. The Bertz CT molecular complexity index is 1020. The molecule has 0 saturated heterocycles. The van der Waals surface area contributed by atoms with Gasteiger partial charge in [0.1, 0.15) is 5.01 Å². The summed E-state index contributed by atoms with van der Waals surface area (Å²) in [6, 6.07) is 7.67. The summed E-state index contributed by atoms with van der Waals surface area (Å²) in [5, 5.41) is 5.50. The highest BCUT2D eigenvalue weighted by Crippen LogP contribution is 2.29. The minimum Gasteiger partial charge on any atom is -0.462 e. The maximum atomic E-state index is 12.3. The molecule has 2 N–H and O–H groups in total. The number of aryl methyl sites for hydroxylation is 2. The number of H-pyrrole nitrogens is 1. The van der Waals surface area contributed by atoms with E-state index in [-0.39, 0.29) is 18.3 Å². The number of amides is 1. The van der Waals surface area contributed by atoms with Gasteiger partial charge in [-0.25, -0.2) is 9.78 Å². The molecule has 7 heteroatoms. The Balaban J connectivity index is 1.74. The average molecular weight is 398 g/mol. The van der Waals surface area contributed by atoms with E-state index in [1.165, 1.54) is 11.3 Å². The smallest absolute Gasteiger partial charge is 0.340 e. The molecule has 2 heterocycles. The van der Waals surface area contributed by atoms with Gasteiger partial charge in [-0.05, 0) is 51.0 Å². The van der Waals surface area contributed by atoms with Crippen molar-refractivity contribution in [2.45, 2.75) is 34.1 Å². The van der Waals surface area contributed by atoms with Gasteiger partial charge in [-0.1, -0.05) is 12.1 Å². The van der Waals surface area contributed by atoms with Gasteiger partial charge in [0.25, 0.3) is 0 Å². The Hall–Kier alpha value is -2.93. The van der Waals surface area contributed by atoms with Crippen LogP contribution in [0.4, 0.5) is 5.69 Å². The summed E-state index contributed by atoms with van der Waals surface area (Å²) in [5.41, 5.74) is 5.46. The second-order valence-electron chi connectivity index (χ2n) is 6.57. The number of carbonyl (C=O) groups excluding carboxylic acids is 2. The first-order chi connectivity index (χ1) is 13.4. The molecule has 0 saturated carbocycles. The number of nitrogens with one attached hydrogen (secondary N) is 2. The predicted octanol–water partition coefficient (Wildman–Crippen LogP) is 4.42. The normalized spacial score (nSPS) is 10.7. The molecule has 0 unspecified atom stereocenters. The van der Waals surface area contributed by atoms with Gasteiger partial charge in [0, 0.05) is 16.8 Å². The van der Waals surface area contributed by atoms with Crippen LogP contribution in [0.2, 0.25) is 0 Å². The van der Waals surface area contributed by atoms with Crippen molar-refractivity contribution < 1.29 is 14.3 Å². The molecule has 1 amide bonds. The lowest BCUT2D eigenvalue weighted by Crippen LogP contribution is -2.14. The van der Waals surface area contributed by atoms with E-state index >= 15 is 0 Å². The summed E-state index contributed by atoms with van der Waals surface area (Å²) in [5.74, 6) is -0.453. The molecule has 3 rings (SSSR count). The number of aromatic amines is 1. The lowest BCUT2D eigenvalue weighted by atomic mass is 10.1. The molecule has 6 nitrogen and oxygen atoms in total. The summed E-state index contributed by atoms with van der Waals surface area (Å²) in [7, 11) is 0. The lowest BCUT2D eigenvalue weighted by Gasteiger charge is -2.04. The third-order valence-electron chi connectivity index (χ3n) is 4.34. The van der Waals surface area contributed by atoms with E-state index in [1.54, 1.807) is 6.92 Å². The van der Waals surface area contributed by atoms with Crippen LogP contribution in [0.15, 0.2) is 29.6 Å². The van der Waals surface area contributed by atoms with Crippen molar-refractivity contribution in [2.24, 2.45) is 0 Å². The van der Waals surface area contributed by atoms with Crippen LogP contribution in [-0.4, -0.2) is 28.5 Å². The Kier molecular flexibility index (Phi) is 5.94. The van der Waals surface area contributed by atoms with Crippen LogP contribution < -0.4 is 5.32 Å². The summed E-state index contributed by atoms with van der Waals surface area (Å²) < 4.78 is 5.13.